The Morgan fingerprint density at radius 3 is 2.56 bits per heavy atom. The average molecular weight is 486 g/mol. The van der Waals surface area contributed by atoms with Crippen molar-refractivity contribution in [3.63, 3.8) is 0 Å². The van der Waals surface area contributed by atoms with Crippen molar-refractivity contribution in [3.8, 4) is 0 Å². The van der Waals surface area contributed by atoms with Crippen LogP contribution in [-0.4, -0.2) is 31.2 Å². The van der Waals surface area contributed by atoms with Gasteiger partial charge in [-0.3, -0.25) is 4.79 Å². The number of nitrogens with one attached hydrogen (secondary N) is 1. The van der Waals surface area contributed by atoms with E-state index in [-0.39, 0.29) is 11.7 Å². The lowest BCUT2D eigenvalue weighted by atomic mass is 10.0. The van der Waals surface area contributed by atoms with E-state index in [1.807, 2.05) is 51.1 Å². The molecule has 2 aromatic carbocycles. The number of fused-ring (bicyclic) bond motifs is 1. The number of benzene rings is 2. The Labute approximate surface area is 200 Å². The fraction of sp³-hybridized carbons (Fsp3) is 0.217. The lowest BCUT2D eigenvalue weighted by Gasteiger charge is -2.10. The van der Waals surface area contributed by atoms with Crippen molar-refractivity contribution >= 4 is 52.3 Å². The summed E-state index contributed by atoms with van der Waals surface area (Å²) >= 11 is 13.4. The van der Waals surface area contributed by atoms with Crippen LogP contribution in [0.15, 0.2) is 47.6 Å². The Morgan fingerprint density at radius 2 is 1.81 bits per heavy atom. The van der Waals surface area contributed by atoms with Crippen LogP contribution in [0.1, 0.15) is 28.1 Å². The van der Waals surface area contributed by atoms with Crippen molar-refractivity contribution < 1.29 is 4.79 Å². The van der Waals surface area contributed by atoms with E-state index in [4.69, 9.17) is 23.2 Å². The van der Waals surface area contributed by atoms with E-state index in [1.54, 1.807) is 16.6 Å². The minimum atomic E-state index is -0.150. The van der Waals surface area contributed by atoms with Gasteiger partial charge in [0.05, 0.1) is 5.75 Å². The van der Waals surface area contributed by atoms with Crippen LogP contribution in [0.4, 0.5) is 5.69 Å². The maximum Gasteiger partial charge on any atom is 0.253 e. The molecule has 32 heavy (non-hydrogen) atoms. The SMILES string of the molecule is Cc1nc2nc(SCC(=O)Nc3cccc(Cl)c3C)nn2c(C)c1Cc1ccc(Cl)cc1. The maximum absolute atomic E-state index is 12.4. The fourth-order valence-electron chi connectivity index (χ4n) is 3.37. The molecule has 0 radical (unpaired) electrons. The number of hydrogen-bond acceptors (Lipinski definition) is 5. The van der Waals surface area contributed by atoms with Crippen molar-refractivity contribution in [2.75, 3.05) is 11.1 Å². The molecule has 0 saturated carbocycles. The van der Waals surface area contributed by atoms with Gasteiger partial charge in [-0.1, -0.05) is 53.2 Å². The number of hydrogen-bond donors (Lipinski definition) is 1. The van der Waals surface area contributed by atoms with Crippen LogP contribution in [0.3, 0.4) is 0 Å². The summed E-state index contributed by atoms with van der Waals surface area (Å²) in [6.07, 6.45) is 0.724. The van der Waals surface area contributed by atoms with E-state index >= 15 is 0 Å². The topological polar surface area (TPSA) is 72.2 Å². The monoisotopic (exact) mass is 485 g/mol. The van der Waals surface area contributed by atoms with Crippen molar-refractivity contribution in [1.29, 1.82) is 0 Å². The standard InChI is InChI=1S/C23H21Cl2N5OS/c1-13-19(25)5-4-6-20(13)27-21(31)12-32-23-28-22-26-14(2)18(15(3)30(22)29-23)11-16-7-9-17(24)10-8-16/h4-10H,11-12H2,1-3H3,(H,27,31). The highest BCUT2D eigenvalue weighted by Gasteiger charge is 2.15. The molecule has 0 saturated heterocycles. The van der Waals surface area contributed by atoms with Crippen molar-refractivity contribution in [2.45, 2.75) is 32.3 Å². The summed E-state index contributed by atoms with van der Waals surface area (Å²) in [6, 6.07) is 13.2. The minimum Gasteiger partial charge on any atom is -0.325 e. The zero-order valence-corrected chi connectivity index (χ0v) is 20.1. The first-order valence-electron chi connectivity index (χ1n) is 9.97. The minimum absolute atomic E-state index is 0.150. The maximum atomic E-state index is 12.4. The Bertz CT molecular complexity index is 1300. The fourth-order valence-corrected chi connectivity index (χ4v) is 4.29. The Hall–Kier alpha value is -2.61. The summed E-state index contributed by atoms with van der Waals surface area (Å²) in [7, 11) is 0. The summed E-state index contributed by atoms with van der Waals surface area (Å²) < 4.78 is 1.74. The number of thioether (sulfide) groups is 1. The van der Waals surface area contributed by atoms with Gasteiger partial charge in [-0.05, 0) is 61.7 Å². The Balaban J connectivity index is 1.49. The predicted molar refractivity (Wildman–Crippen MR) is 130 cm³/mol. The number of anilines is 1. The van der Waals surface area contributed by atoms with E-state index < -0.39 is 0 Å². The smallest absolute Gasteiger partial charge is 0.253 e. The summed E-state index contributed by atoms with van der Waals surface area (Å²) in [4.78, 5) is 21.5. The third-order valence-corrected chi connectivity index (χ3v) is 6.70. The number of nitrogens with zero attached hydrogens (tertiary/aromatic N) is 4. The average Bonchev–Trinajstić information content (AvgIpc) is 3.17. The number of halogens is 2. The zero-order chi connectivity index (χ0) is 22.8. The molecular formula is C23H21Cl2N5OS. The lowest BCUT2D eigenvalue weighted by Crippen LogP contribution is -2.15. The van der Waals surface area contributed by atoms with Crippen LogP contribution in [0, 0.1) is 20.8 Å². The van der Waals surface area contributed by atoms with E-state index in [0.717, 1.165) is 34.5 Å². The first-order chi connectivity index (χ1) is 15.3. The molecule has 0 unspecified atom stereocenters. The molecule has 0 aliphatic heterocycles. The molecule has 0 atom stereocenters. The molecule has 0 aliphatic rings. The van der Waals surface area contributed by atoms with Crippen LogP contribution in [0.2, 0.25) is 10.0 Å². The second kappa shape index (κ2) is 9.48. The highest BCUT2D eigenvalue weighted by atomic mass is 35.5. The van der Waals surface area contributed by atoms with E-state index in [9.17, 15) is 4.79 Å². The predicted octanol–water partition coefficient (Wildman–Crippen LogP) is 5.68. The van der Waals surface area contributed by atoms with Crippen LogP contribution < -0.4 is 5.32 Å². The Morgan fingerprint density at radius 1 is 1.06 bits per heavy atom. The van der Waals surface area contributed by atoms with E-state index in [0.29, 0.717) is 26.7 Å². The van der Waals surface area contributed by atoms with Gasteiger partial charge in [0.15, 0.2) is 0 Å². The van der Waals surface area contributed by atoms with Crippen molar-refractivity contribution in [3.05, 3.63) is 80.6 Å². The zero-order valence-electron chi connectivity index (χ0n) is 17.8. The molecule has 1 amide bonds. The summed E-state index contributed by atoms with van der Waals surface area (Å²) in [5.74, 6) is 0.551. The molecular weight excluding hydrogens is 465 g/mol. The molecule has 164 valence electrons. The number of amides is 1. The molecule has 1 N–H and O–H groups in total. The molecule has 4 rings (SSSR count). The molecule has 0 spiro atoms. The molecule has 9 heteroatoms. The van der Waals surface area contributed by atoms with Gasteiger partial charge in [0, 0.05) is 33.5 Å². The number of carbonyl (C=O) groups excluding carboxylic acids is 1. The van der Waals surface area contributed by atoms with Crippen LogP contribution in [0.5, 0.6) is 0 Å². The molecule has 2 heterocycles. The molecule has 0 fully saturated rings. The van der Waals surface area contributed by atoms with Crippen molar-refractivity contribution in [1.82, 2.24) is 19.6 Å². The van der Waals surface area contributed by atoms with Gasteiger partial charge in [-0.15, -0.1) is 5.10 Å². The van der Waals surface area contributed by atoms with Crippen LogP contribution >= 0.6 is 35.0 Å². The highest BCUT2D eigenvalue weighted by molar-refractivity contribution is 7.99. The number of rotatable bonds is 6. The molecule has 6 nitrogen and oxygen atoms in total. The lowest BCUT2D eigenvalue weighted by molar-refractivity contribution is -0.113. The highest BCUT2D eigenvalue weighted by Crippen LogP contribution is 2.24. The molecule has 0 aliphatic carbocycles. The van der Waals surface area contributed by atoms with E-state index in [2.05, 4.69) is 20.4 Å². The van der Waals surface area contributed by atoms with Crippen LogP contribution in [-0.2, 0) is 11.2 Å². The normalized spacial score (nSPS) is 11.2. The van der Waals surface area contributed by atoms with Gasteiger partial charge in [-0.2, -0.15) is 4.98 Å². The van der Waals surface area contributed by atoms with Gasteiger partial charge >= 0.3 is 0 Å². The van der Waals surface area contributed by atoms with Gasteiger partial charge in [0.2, 0.25) is 11.1 Å². The number of aromatic nitrogens is 4. The quantitative estimate of drug-likeness (QED) is 0.355. The second-order valence-electron chi connectivity index (χ2n) is 7.42. The first-order valence-corrected chi connectivity index (χ1v) is 11.7. The van der Waals surface area contributed by atoms with Crippen molar-refractivity contribution in [2.24, 2.45) is 0 Å². The summed E-state index contributed by atoms with van der Waals surface area (Å²) in [5.41, 5.74) is 5.65. The summed E-state index contributed by atoms with van der Waals surface area (Å²) in [5, 5.41) is 9.28. The van der Waals surface area contributed by atoms with Gasteiger partial charge in [0.1, 0.15) is 0 Å². The Kier molecular flexibility index (Phi) is 6.69. The molecule has 0 bridgehead atoms. The van der Waals surface area contributed by atoms with Gasteiger partial charge in [-0.25, -0.2) is 9.50 Å². The van der Waals surface area contributed by atoms with Gasteiger partial charge < -0.3 is 5.32 Å². The molecule has 4 aromatic rings. The third kappa shape index (κ3) is 4.90. The second-order valence-corrected chi connectivity index (χ2v) is 9.21. The first kappa shape index (κ1) is 22.6. The number of carbonyl (C=O) groups is 1. The summed E-state index contributed by atoms with van der Waals surface area (Å²) in [6.45, 7) is 5.85. The largest absolute Gasteiger partial charge is 0.325 e. The van der Waals surface area contributed by atoms with Crippen LogP contribution in [0.25, 0.3) is 5.78 Å². The number of aryl methyl sites for hydroxylation is 2. The van der Waals surface area contributed by atoms with E-state index in [1.165, 1.54) is 11.8 Å². The molecule has 2 aromatic heterocycles. The van der Waals surface area contributed by atoms with Gasteiger partial charge in [0.25, 0.3) is 5.78 Å². The third-order valence-electron chi connectivity index (χ3n) is 5.20.